The molecule has 1 N–H and O–H groups in total. The van der Waals surface area contributed by atoms with E-state index in [-0.39, 0.29) is 5.91 Å². The second kappa shape index (κ2) is 7.74. The van der Waals surface area contributed by atoms with Crippen LogP contribution in [-0.2, 0) is 0 Å². The molecule has 0 bridgehead atoms. The first-order valence-electron chi connectivity index (χ1n) is 8.42. The molecule has 3 rings (SSSR count). The molecule has 0 saturated carbocycles. The number of amides is 1. The van der Waals surface area contributed by atoms with Gasteiger partial charge in [-0.25, -0.2) is 4.98 Å². The van der Waals surface area contributed by atoms with Gasteiger partial charge < -0.3 is 15.0 Å². The first-order valence-corrected chi connectivity index (χ1v) is 8.80. The molecule has 1 atom stereocenters. The number of nitrogens with one attached hydrogen (secondary N) is 1. The Morgan fingerprint density at radius 3 is 2.84 bits per heavy atom. The number of pyridine rings is 1. The molecule has 1 fully saturated rings. The number of piperidine rings is 1. The van der Waals surface area contributed by atoms with Gasteiger partial charge in [0.15, 0.2) is 0 Å². The molecular formula is C19H22ClN3O2. The first kappa shape index (κ1) is 17.5. The van der Waals surface area contributed by atoms with E-state index in [1.165, 1.54) is 12.8 Å². The number of carbonyl (C=O) groups excluding carboxylic acids is 1. The highest BCUT2D eigenvalue weighted by Crippen LogP contribution is 2.27. The standard InChI is InChI=1S/C19H22ClN3O2/c1-13-4-3-9-23(12-13)15-6-7-17(21-11-15)19(24)22-14-5-8-18(25-2)16(20)10-14/h5-8,10-11,13H,3-4,9,12H2,1-2H3,(H,22,24). The molecule has 1 aliphatic heterocycles. The number of ether oxygens (including phenoxy) is 1. The van der Waals surface area contributed by atoms with E-state index in [4.69, 9.17) is 16.3 Å². The maximum absolute atomic E-state index is 12.4. The van der Waals surface area contributed by atoms with Crippen molar-refractivity contribution in [3.05, 3.63) is 47.2 Å². The monoisotopic (exact) mass is 359 g/mol. The van der Waals surface area contributed by atoms with Crippen molar-refractivity contribution >= 4 is 28.9 Å². The number of benzene rings is 1. The largest absolute Gasteiger partial charge is 0.495 e. The van der Waals surface area contributed by atoms with Crippen molar-refractivity contribution in [3.8, 4) is 5.75 Å². The van der Waals surface area contributed by atoms with Gasteiger partial charge in [-0.1, -0.05) is 18.5 Å². The third-order valence-electron chi connectivity index (χ3n) is 4.41. The lowest BCUT2D eigenvalue weighted by Crippen LogP contribution is -2.34. The van der Waals surface area contributed by atoms with Crippen LogP contribution in [0.2, 0.25) is 5.02 Å². The number of methoxy groups -OCH3 is 1. The summed E-state index contributed by atoms with van der Waals surface area (Å²) in [6.07, 6.45) is 4.24. The van der Waals surface area contributed by atoms with Crippen LogP contribution in [0.15, 0.2) is 36.5 Å². The highest BCUT2D eigenvalue weighted by atomic mass is 35.5. The van der Waals surface area contributed by atoms with Crippen LogP contribution in [-0.4, -0.2) is 31.1 Å². The Morgan fingerprint density at radius 2 is 2.20 bits per heavy atom. The molecule has 2 aromatic rings. The molecular weight excluding hydrogens is 338 g/mol. The zero-order valence-electron chi connectivity index (χ0n) is 14.5. The summed E-state index contributed by atoms with van der Waals surface area (Å²) in [5, 5.41) is 3.25. The van der Waals surface area contributed by atoms with E-state index in [0.29, 0.717) is 28.1 Å². The molecule has 6 heteroatoms. The lowest BCUT2D eigenvalue weighted by Gasteiger charge is -2.32. The summed E-state index contributed by atoms with van der Waals surface area (Å²) >= 11 is 6.08. The quantitative estimate of drug-likeness (QED) is 0.887. The normalized spacial score (nSPS) is 17.2. The second-order valence-electron chi connectivity index (χ2n) is 6.40. The smallest absolute Gasteiger partial charge is 0.274 e. The van der Waals surface area contributed by atoms with E-state index in [1.54, 1.807) is 37.6 Å². The lowest BCUT2D eigenvalue weighted by molar-refractivity contribution is 0.102. The number of hydrogen-bond acceptors (Lipinski definition) is 4. The van der Waals surface area contributed by atoms with Crippen molar-refractivity contribution in [2.45, 2.75) is 19.8 Å². The minimum absolute atomic E-state index is 0.264. The molecule has 0 radical (unpaired) electrons. The summed E-state index contributed by atoms with van der Waals surface area (Å²) in [6, 6.07) is 8.83. The summed E-state index contributed by atoms with van der Waals surface area (Å²) in [6.45, 7) is 4.35. The maximum Gasteiger partial charge on any atom is 0.274 e. The number of anilines is 2. The minimum atomic E-state index is -0.264. The van der Waals surface area contributed by atoms with Gasteiger partial charge in [-0.05, 0) is 49.1 Å². The SMILES string of the molecule is COc1ccc(NC(=O)c2ccc(N3CCCC(C)C3)cn2)cc1Cl. The zero-order chi connectivity index (χ0) is 17.8. The van der Waals surface area contributed by atoms with Crippen molar-refractivity contribution < 1.29 is 9.53 Å². The number of carbonyl (C=O) groups is 1. The number of aromatic nitrogens is 1. The van der Waals surface area contributed by atoms with Gasteiger partial charge in [-0.2, -0.15) is 0 Å². The summed E-state index contributed by atoms with van der Waals surface area (Å²) in [4.78, 5) is 19.0. The molecule has 2 heterocycles. The van der Waals surface area contributed by atoms with Crippen LogP contribution in [0.1, 0.15) is 30.3 Å². The van der Waals surface area contributed by atoms with Gasteiger partial charge in [0.2, 0.25) is 0 Å². The second-order valence-corrected chi connectivity index (χ2v) is 6.81. The van der Waals surface area contributed by atoms with Gasteiger partial charge in [-0.15, -0.1) is 0 Å². The van der Waals surface area contributed by atoms with E-state index in [0.717, 1.165) is 18.8 Å². The Hall–Kier alpha value is -2.27. The highest BCUT2D eigenvalue weighted by Gasteiger charge is 2.17. The Kier molecular flexibility index (Phi) is 5.43. The molecule has 25 heavy (non-hydrogen) atoms. The van der Waals surface area contributed by atoms with Gasteiger partial charge in [0.05, 0.1) is 24.0 Å². The predicted molar refractivity (Wildman–Crippen MR) is 101 cm³/mol. The molecule has 1 saturated heterocycles. The van der Waals surface area contributed by atoms with Crippen LogP contribution in [0.25, 0.3) is 0 Å². The van der Waals surface area contributed by atoms with E-state index in [9.17, 15) is 4.79 Å². The number of nitrogens with zero attached hydrogens (tertiary/aromatic N) is 2. The highest BCUT2D eigenvalue weighted by molar-refractivity contribution is 6.32. The van der Waals surface area contributed by atoms with E-state index in [1.807, 2.05) is 6.07 Å². The number of rotatable bonds is 4. The number of hydrogen-bond donors (Lipinski definition) is 1. The average Bonchev–Trinajstić information content (AvgIpc) is 2.62. The van der Waals surface area contributed by atoms with Crippen LogP contribution < -0.4 is 15.0 Å². The van der Waals surface area contributed by atoms with Crippen LogP contribution in [0.5, 0.6) is 5.75 Å². The fraction of sp³-hybridized carbons (Fsp3) is 0.368. The van der Waals surface area contributed by atoms with E-state index < -0.39 is 0 Å². The summed E-state index contributed by atoms with van der Waals surface area (Å²) < 4.78 is 5.11. The molecule has 1 unspecified atom stereocenters. The van der Waals surface area contributed by atoms with Crippen LogP contribution >= 0.6 is 11.6 Å². The van der Waals surface area contributed by atoms with Gasteiger partial charge in [0, 0.05) is 18.8 Å². The molecule has 1 amide bonds. The zero-order valence-corrected chi connectivity index (χ0v) is 15.2. The van der Waals surface area contributed by atoms with E-state index >= 15 is 0 Å². The lowest BCUT2D eigenvalue weighted by atomic mass is 10.00. The average molecular weight is 360 g/mol. The summed E-state index contributed by atoms with van der Waals surface area (Å²) in [7, 11) is 1.55. The molecule has 0 spiro atoms. The van der Waals surface area contributed by atoms with Gasteiger partial charge >= 0.3 is 0 Å². The molecule has 0 aliphatic carbocycles. The molecule has 5 nitrogen and oxygen atoms in total. The maximum atomic E-state index is 12.4. The Morgan fingerprint density at radius 1 is 1.36 bits per heavy atom. The third kappa shape index (κ3) is 4.23. The van der Waals surface area contributed by atoms with Crippen molar-refractivity contribution in [1.29, 1.82) is 0 Å². The van der Waals surface area contributed by atoms with Gasteiger partial charge in [-0.3, -0.25) is 4.79 Å². The van der Waals surface area contributed by atoms with Gasteiger partial charge in [0.1, 0.15) is 11.4 Å². The minimum Gasteiger partial charge on any atom is -0.495 e. The molecule has 1 aliphatic rings. The number of halogens is 1. The molecule has 1 aromatic carbocycles. The van der Waals surface area contributed by atoms with E-state index in [2.05, 4.69) is 22.1 Å². The topological polar surface area (TPSA) is 54.5 Å². The summed E-state index contributed by atoms with van der Waals surface area (Å²) in [5.41, 5.74) is 2.04. The van der Waals surface area contributed by atoms with Crippen LogP contribution in [0, 0.1) is 5.92 Å². The Balaban J connectivity index is 1.67. The fourth-order valence-electron chi connectivity index (χ4n) is 3.07. The van der Waals surface area contributed by atoms with Crippen LogP contribution in [0.4, 0.5) is 11.4 Å². The summed E-state index contributed by atoms with van der Waals surface area (Å²) in [5.74, 6) is 0.995. The molecule has 132 valence electrons. The third-order valence-corrected chi connectivity index (χ3v) is 4.71. The van der Waals surface area contributed by atoms with Crippen LogP contribution in [0.3, 0.4) is 0 Å². The van der Waals surface area contributed by atoms with Crippen molar-refractivity contribution in [2.24, 2.45) is 5.92 Å². The Labute approximate surface area is 153 Å². The fourth-order valence-corrected chi connectivity index (χ4v) is 3.33. The first-order chi connectivity index (χ1) is 12.1. The predicted octanol–water partition coefficient (Wildman–Crippen LogP) is 4.23. The Bertz CT molecular complexity index is 749. The van der Waals surface area contributed by atoms with Crippen molar-refractivity contribution in [1.82, 2.24) is 4.98 Å². The van der Waals surface area contributed by atoms with Crippen molar-refractivity contribution in [3.63, 3.8) is 0 Å². The van der Waals surface area contributed by atoms with Crippen molar-refractivity contribution in [2.75, 3.05) is 30.4 Å². The molecule has 1 aromatic heterocycles. The van der Waals surface area contributed by atoms with Gasteiger partial charge in [0.25, 0.3) is 5.91 Å².